The lowest BCUT2D eigenvalue weighted by Crippen LogP contribution is -2.01. The van der Waals surface area contributed by atoms with Crippen molar-refractivity contribution in [1.82, 2.24) is 39.5 Å². The van der Waals surface area contributed by atoms with E-state index in [1.54, 1.807) is 12.4 Å². The minimum absolute atomic E-state index is 0.484. The Labute approximate surface area is 180 Å². The van der Waals surface area contributed by atoms with Crippen LogP contribution in [-0.4, -0.2) is 39.5 Å². The molecule has 1 aromatic carbocycles. The zero-order valence-corrected chi connectivity index (χ0v) is 17.1. The molecule has 0 amide bonds. The molecule has 4 heterocycles. The standard InChI is InChI=1S/C20H14N8S2/c29-19-25-23-17(15-5-1-3-11-21-15)27(19)13-7-9-14(10-8-13)28-18(24-26-20(28)30)16-6-2-4-12-22-16/h1-12H,(H,25,29)(H,26,30). The molecule has 5 aromatic rings. The first-order valence-electron chi connectivity index (χ1n) is 9.01. The molecule has 0 bridgehead atoms. The van der Waals surface area contributed by atoms with Crippen molar-refractivity contribution in [3.8, 4) is 34.4 Å². The van der Waals surface area contributed by atoms with Gasteiger partial charge in [-0.2, -0.15) is 10.2 Å². The average Bonchev–Trinajstić information content (AvgIpc) is 3.38. The molecule has 30 heavy (non-hydrogen) atoms. The van der Waals surface area contributed by atoms with Gasteiger partial charge in [-0.1, -0.05) is 12.1 Å². The monoisotopic (exact) mass is 430 g/mol. The van der Waals surface area contributed by atoms with Crippen LogP contribution in [0.3, 0.4) is 0 Å². The summed E-state index contributed by atoms with van der Waals surface area (Å²) in [5.41, 5.74) is 3.16. The summed E-state index contributed by atoms with van der Waals surface area (Å²) in [6.07, 6.45) is 3.45. The van der Waals surface area contributed by atoms with E-state index in [2.05, 4.69) is 30.4 Å². The molecule has 0 saturated carbocycles. The minimum atomic E-state index is 0.484. The van der Waals surface area contributed by atoms with Crippen molar-refractivity contribution in [2.24, 2.45) is 0 Å². The van der Waals surface area contributed by atoms with Crippen molar-refractivity contribution in [3.05, 3.63) is 82.6 Å². The summed E-state index contributed by atoms with van der Waals surface area (Å²) in [6.45, 7) is 0. The first-order chi connectivity index (χ1) is 14.7. The van der Waals surface area contributed by atoms with Gasteiger partial charge < -0.3 is 0 Å². The number of rotatable bonds is 4. The zero-order valence-electron chi connectivity index (χ0n) is 15.4. The number of aromatic nitrogens is 8. The second kappa shape index (κ2) is 7.58. The third-order valence-electron chi connectivity index (χ3n) is 4.50. The SMILES string of the molecule is S=c1[nH]nc(-c2ccccn2)n1-c1ccc(-n2c(-c3ccccn3)n[nH]c2=S)cc1. The first kappa shape index (κ1) is 18.3. The summed E-state index contributed by atoms with van der Waals surface area (Å²) < 4.78 is 4.65. The topological polar surface area (TPSA) is 93.0 Å². The van der Waals surface area contributed by atoms with Gasteiger partial charge >= 0.3 is 0 Å². The van der Waals surface area contributed by atoms with Crippen molar-refractivity contribution in [2.45, 2.75) is 0 Å². The van der Waals surface area contributed by atoms with Crippen LogP contribution in [0.25, 0.3) is 34.4 Å². The molecule has 0 radical (unpaired) electrons. The Kier molecular flexibility index (Phi) is 4.62. The predicted molar refractivity (Wildman–Crippen MR) is 118 cm³/mol. The third kappa shape index (κ3) is 3.17. The molecular weight excluding hydrogens is 416 g/mol. The predicted octanol–water partition coefficient (Wildman–Crippen LogP) is 4.30. The van der Waals surface area contributed by atoms with E-state index in [1.807, 2.05) is 69.8 Å². The van der Waals surface area contributed by atoms with Crippen molar-refractivity contribution >= 4 is 24.4 Å². The molecule has 0 atom stereocenters. The molecule has 0 unspecified atom stereocenters. The van der Waals surface area contributed by atoms with Crippen LogP contribution in [0.5, 0.6) is 0 Å². The van der Waals surface area contributed by atoms with Crippen LogP contribution >= 0.6 is 24.4 Å². The smallest absolute Gasteiger partial charge is 0.200 e. The van der Waals surface area contributed by atoms with Crippen LogP contribution in [0.1, 0.15) is 0 Å². The highest BCUT2D eigenvalue weighted by atomic mass is 32.1. The molecule has 146 valence electrons. The lowest BCUT2D eigenvalue weighted by atomic mass is 10.2. The van der Waals surface area contributed by atoms with Crippen LogP contribution in [0.2, 0.25) is 0 Å². The van der Waals surface area contributed by atoms with E-state index in [4.69, 9.17) is 24.4 Å². The van der Waals surface area contributed by atoms with E-state index in [-0.39, 0.29) is 0 Å². The number of nitrogens with one attached hydrogen (secondary N) is 2. The highest BCUT2D eigenvalue weighted by molar-refractivity contribution is 7.71. The van der Waals surface area contributed by atoms with E-state index < -0.39 is 0 Å². The summed E-state index contributed by atoms with van der Waals surface area (Å²) in [5.74, 6) is 1.28. The van der Waals surface area contributed by atoms with Gasteiger partial charge in [-0.25, -0.2) is 0 Å². The Balaban J connectivity index is 1.59. The van der Waals surface area contributed by atoms with E-state index in [0.29, 0.717) is 21.2 Å². The maximum absolute atomic E-state index is 5.44. The minimum Gasteiger partial charge on any atom is -0.267 e. The first-order valence-corrected chi connectivity index (χ1v) is 9.82. The average molecular weight is 431 g/mol. The molecule has 2 N–H and O–H groups in total. The fraction of sp³-hybridized carbons (Fsp3) is 0. The van der Waals surface area contributed by atoms with Crippen LogP contribution < -0.4 is 0 Å². The molecular formula is C20H14N8S2. The van der Waals surface area contributed by atoms with Gasteiger partial charge in [0.15, 0.2) is 21.2 Å². The van der Waals surface area contributed by atoms with Crippen LogP contribution in [-0.2, 0) is 0 Å². The van der Waals surface area contributed by atoms with Crippen molar-refractivity contribution in [3.63, 3.8) is 0 Å². The van der Waals surface area contributed by atoms with E-state index >= 15 is 0 Å². The highest BCUT2D eigenvalue weighted by Gasteiger charge is 2.14. The van der Waals surface area contributed by atoms with Gasteiger partial charge in [-0.3, -0.25) is 29.3 Å². The van der Waals surface area contributed by atoms with Crippen LogP contribution in [0, 0.1) is 9.54 Å². The number of aromatic amines is 2. The van der Waals surface area contributed by atoms with Gasteiger partial charge in [0.1, 0.15) is 11.4 Å². The fourth-order valence-corrected chi connectivity index (χ4v) is 3.63. The van der Waals surface area contributed by atoms with Gasteiger partial charge in [0, 0.05) is 12.4 Å². The lowest BCUT2D eigenvalue weighted by molar-refractivity contribution is 1.01. The molecule has 0 saturated heterocycles. The summed E-state index contributed by atoms with van der Waals surface area (Å²) in [5, 5.41) is 14.4. The van der Waals surface area contributed by atoms with E-state index in [1.165, 1.54) is 0 Å². The molecule has 0 aliphatic rings. The lowest BCUT2D eigenvalue weighted by Gasteiger charge is -2.10. The molecule has 0 aliphatic carbocycles. The second-order valence-electron chi connectivity index (χ2n) is 6.32. The Bertz CT molecular complexity index is 1300. The normalized spacial score (nSPS) is 10.9. The number of pyridine rings is 2. The molecule has 0 aliphatic heterocycles. The van der Waals surface area contributed by atoms with E-state index in [0.717, 1.165) is 22.8 Å². The number of benzene rings is 1. The van der Waals surface area contributed by atoms with Crippen molar-refractivity contribution in [2.75, 3.05) is 0 Å². The van der Waals surface area contributed by atoms with E-state index in [9.17, 15) is 0 Å². The van der Waals surface area contributed by atoms with Gasteiger partial charge in [-0.15, -0.1) is 0 Å². The van der Waals surface area contributed by atoms with Gasteiger partial charge in [0.25, 0.3) is 0 Å². The molecule has 8 nitrogen and oxygen atoms in total. The fourth-order valence-electron chi connectivity index (χ4n) is 3.16. The Morgan fingerprint density at radius 3 is 1.40 bits per heavy atom. The number of hydrogen-bond acceptors (Lipinski definition) is 6. The summed E-state index contributed by atoms with van der Waals surface area (Å²) in [6, 6.07) is 19.1. The number of nitrogens with zero attached hydrogens (tertiary/aromatic N) is 6. The summed E-state index contributed by atoms with van der Waals surface area (Å²) >= 11 is 10.9. The van der Waals surface area contributed by atoms with Crippen LogP contribution in [0.15, 0.2) is 73.1 Å². The van der Waals surface area contributed by atoms with Crippen molar-refractivity contribution < 1.29 is 0 Å². The molecule has 4 aromatic heterocycles. The Morgan fingerprint density at radius 2 is 1.03 bits per heavy atom. The molecule has 0 spiro atoms. The Morgan fingerprint density at radius 1 is 0.600 bits per heavy atom. The largest absolute Gasteiger partial charge is 0.267 e. The molecule has 5 rings (SSSR count). The quantitative estimate of drug-likeness (QED) is 0.413. The molecule has 10 heteroatoms. The summed E-state index contributed by atoms with van der Waals surface area (Å²) in [7, 11) is 0. The maximum Gasteiger partial charge on any atom is 0.200 e. The Hall–Kier alpha value is -3.76. The summed E-state index contributed by atoms with van der Waals surface area (Å²) in [4.78, 5) is 8.75. The number of hydrogen-bond donors (Lipinski definition) is 2. The van der Waals surface area contributed by atoms with Crippen LogP contribution in [0.4, 0.5) is 0 Å². The van der Waals surface area contributed by atoms with Gasteiger partial charge in [-0.05, 0) is 73.0 Å². The van der Waals surface area contributed by atoms with Gasteiger partial charge in [0.2, 0.25) is 0 Å². The van der Waals surface area contributed by atoms with Gasteiger partial charge in [0.05, 0.1) is 11.4 Å². The second-order valence-corrected chi connectivity index (χ2v) is 7.10. The third-order valence-corrected chi connectivity index (χ3v) is 5.05. The zero-order chi connectivity index (χ0) is 20.5. The van der Waals surface area contributed by atoms with Crippen molar-refractivity contribution in [1.29, 1.82) is 0 Å². The highest BCUT2D eigenvalue weighted by Crippen LogP contribution is 2.23. The number of H-pyrrole nitrogens is 2. The molecule has 0 fully saturated rings. The maximum atomic E-state index is 5.44.